The van der Waals surface area contributed by atoms with Crippen molar-refractivity contribution in [3.63, 3.8) is 0 Å². The Morgan fingerprint density at radius 2 is 0.910 bits per heavy atom. The highest BCUT2D eigenvalue weighted by Crippen LogP contribution is 2.59. The molecular formula is C66H53N. The summed E-state index contributed by atoms with van der Waals surface area (Å²) in [6.45, 7) is 11.6. The monoisotopic (exact) mass is 859 g/mol. The van der Waals surface area contributed by atoms with E-state index in [9.17, 15) is 0 Å². The Kier molecular flexibility index (Phi) is 9.38. The molecule has 0 radical (unpaired) electrons. The SMILES string of the molecule is CC(C)(C)c1ccc(-c2ccc(N(c3ccc4c(c3)-c3ccccc3C4(c3ccccc3)c3ccccc3)c3ccc4ccccc4c3-c3cccc4c3C(C)(C)c3ccccc3-4)cc2)cc1. The minimum atomic E-state index is -0.485. The molecule has 1 heteroatoms. The predicted octanol–water partition coefficient (Wildman–Crippen LogP) is 17.6. The van der Waals surface area contributed by atoms with Crippen molar-refractivity contribution >= 4 is 27.8 Å². The fourth-order valence-electron chi connectivity index (χ4n) is 11.8. The van der Waals surface area contributed by atoms with Crippen LogP contribution >= 0.6 is 0 Å². The second-order valence-electron chi connectivity index (χ2n) is 20.0. The lowest BCUT2D eigenvalue weighted by Gasteiger charge is -2.34. The van der Waals surface area contributed by atoms with Crippen molar-refractivity contribution in [2.24, 2.45) is 0 Å². The van der Waals surface area contributed by atoms with Gasteiger partial charge in [0.05, 0.1) is 11.1 Å². The number of hydrogen-bond donors (Lipinski definition) is 0. The van der Waals surface area contributed by atoms with Crippen LogP contribution in [0, 0.1) is 0 Å². The molecule has 2 aliphatic carbocycles. The summed E-state index contributed by atoms with van der Waals surface area (Å²) >= 11 is 0. The van der Waals surface area contributed by atoms with Gasteiger partial charge in [0.2, 0.25) is 0 Å². The van der Waals surface area contributed by atoms with Crippen LogP contribution in [0.15, 0.2) is 231 Å². The Labute approximate surface area is 395 Å². The van der Waals surface area contributed by atoms with Gasteiger partial charge in [0, 0.05) is 22.4 Å². The van der Waals surface area contributed by atoms with Gasteiger partial charge in [0.15, 0.2) is 0 Å². The van der Waals surface area contributed by atoms with Crippen LogP contribution in [-0.4, -0.2) is 0 Å². The van der Waals surface area contributed by atoms with Crippen LogP contribution in [-0.2, 0) is 16.2 Å². The number of hydrogen-bond acceptors (Lipinski definition) is 1. The molecular weight excluding hydrogens is 807 g/mol. The summed E-state index contributed by atoms with van der Waals surface area (Å²) in [5.74, 6) is 0. The molecule has 0 bridgehead atoms. The summed E-state index contributed by atoms with van der Waals surface area (Å²) < 4.78 is 0. The largest absolute Gasteiger partial charge is 0.310 e. The molecule has 0 unspecified atom stereocenters. The third-order valence-corrected chi connectivity index (χ3v) is 14.9. The maximum absolute atomic E-state index is 2.52. The molecule has 0 saturated heterocycles. The highest BCUT2D eigenvalue weighted by Gasteiger charge is 2.46. The summed E-state index contributed by atoms with van der Waals surface area (Å²) in [6.07, 6.45) is 0. The van der Waals surface area contributed by atoms with E-state index in [4.69, 9.17) is 0 Å². The lowest BCUT2D eigenvalue weighted by atomic mass is 9.68. The molecule has 0 heterocycles. The van der Waals surface area contributed by atoms with E-state index in [0.29, 0.717) is 0 Å². The smallest absolute Gasteiger partial charge is 0.0713 e. The van der Waals surface area contributed by atoms with Crippen molar-refractivity contribution in [1.29, 1.82) is 0 Å². The summed E-state index contributed by atoms with van der Waals surface area (Å²) in [5.41, 5.74) is 22.0. The maximum atomic E-state index is 2.52. The minimum absolute atomic E-state index is 0.0928. The normalized spacial score (nSPS) is 14.0. The second-order valence-corrected chi connectivity index (χ2v) is 20.0. The maximum Gasteiger partial charge on any atom is 0.0713 e. The van der Waals surface area contributed by atoms with Gasteiger partial charge in [-0.2, -0.15) is 0 Å². The molecule has 0 aliphatic heterocycles. The molecule has 0 saturated carbocycles. The zero-order valence-corrected chi connectivity index (χ0v) is 38.9. The van der Waals surface area contributed by atoms with Crippen molar-refractivity contribution < 1.29 is 0 Å². The van der Waals surface area contributed by atoms with Gasteiger partial charge in [-0.3, -0.25) is 0 Å². The number of benzene rings is 10. The molecule has 0 aromatic heterocycles. The Hall–Kier alpha value is -7.74. The topological polar surface area (TPSA) is 3.24 Å². The fourth-order valence-corrected chi connectivity index (χ4v) is 11.8. The van der Waals surface area contributed by atoms with Crippen LogP contribution in [0.2, 0.25) is 0 Å². The van der Waals surface area contributed by atoms with Crippen LogP contribution in [0.3, 0.4) is 0 Å². The number of anilines is 3. The van der Waals surface area contributed by atoms with E-state index in [0.717, 1.165) is 17.1 Å². The van der Waals surface area contributed by atoms with Crippen LogP contribution in [0.4, 0.5) is 17.1 Å². The Morgan fingerprint density at radius 1 is 0.388 bits per heavy atom. The van der Waals surface area contributed by atoms with E-state index in [1.807, 2.05) is 0 Å². The second kappa shape index (κ2) is 15.4. The number of fused-ring (bicyclic) bond motifs is 7. The average molecular weight is 860 g/mol. The van der Waals surface area contributed by atoms with Crippen LogP contribution in [0.25, 0.3) is 55.3 Å². The number of rotatable bonds is 7. The van der Waals surface area contributed by atoms with Gasteiger partial charge >= 0.3 is 0 Å². The Morgan fingerprint density at radius 3 is 1.58 bits per heavy atom. The number of nitrogens with zero attached hydrogens (tertiary/aromatic N) is 1. The summed E-state index contributed by atoms with van der Waals surface area (Å²) in [6, 6.07) is 86.4. The summed E-state index contributed by atoms with van der Waals surface area (Å²) in [4.78, 5) is 2.52. The first-order valence-corrected chi connectivity index (χ1v) is 23.8. The highest BCUT2D eigenvalue weighted by molar-refractivity contribution is 6.08. The lowest BCUT2D eigenvalue weighted by molar-refractivity contribution is 0.590. The molecule has 0 fully saturated rings. The molecule has 10 aromatic carbocycles. The molecule has 0 amide bonds. The van der Waals surface area contributed by atoms with Gasteiger partial charge in [0.25, 0.3) is 0 Å². The van der Waals surface area contributed by atoms with Crippen molar-refractivity contribution in [1.82, 2.24) is 0 Å². The molecule has 0 spiro atoms. The van der Waals surface area contributed by atoms with E-state index in [1.165, 1.54) is 94.2 Å². The Bertz CT molecular complexity index is 3460. The summed E-state index contributed by atoms with van der Waals surface area (Å²) in [7, 11) is 0. The first kappa shape index (κ1) is 40.7. The third-order valence-electron chi connectivity index (χ3n) is 14.9. The minimum Gasteiger partial charge on any atom is -0.310 e. The molecule has 0 N–H and O–H groups in total. The van der Waals surface area contributed by atoms with Gasteiger partial charge in [0.1, 0.15) is 0 Å². The first-order valence-electron chi connectivity index (χ1n) is 23.8. The zero-order chi connectivity index (χ0) is 45.5. The van der Waals surface area contributed by atoms with Crippen LogP contribution < -0.4 is 4.90 Å². The van der Waals surface area contributed by atoms with E-state index >= 15 is 0 Å². The zero-order valence-electron chi connectivity index (χ0n) is 38.9. The van der Waals surface area contributed by atoms with E-state index in [2.05, 4.69) is 270 Å². The van der Waals surface area contributed by atoms with Gasteiger partial charge in [-0.15, -0.1) is 0 Å². The molecule has 0 atom stereocenters. The van der Waals surface area contributed by atoms with E-state index < -0.39 is 5.41 Å². The van der Waals surface area contributed by atoms with Crippen LogP contribution in [0.1, 0.15) is 73.6 Å². The predicted molar refractivity (Wildman–Crippen MR) is 283 cm³/mol. The average Bonchev–Trinajstić information content (AvgIpc) is 3.80. The third kappa shape index (κ3) is 6.29. The van der Waals surface area contributed by atoms with Crippen molar-refractivity contribution in [2.45, 2.75) is 50.9 Å². The molecule has 67 heavy (non-hydrogen) atoms. The van der Waals surface area contributed by atoms with Crippen molar-refractivity contribution in [3.8, 4) is 44.5 Å². The van der Waals surface area contributed by atoms with Gasteiger partial charge in [-0.25, -0.2) is 0 Å². The van der Waals surface area contributed by atoms with Gasteiger partial charge in [-0.1, -0.05) is 235 Å². The van der Waals surface area contributed by atoms with Crippen molar-refractivity contribution in [2.75, 3.05) is 4.90 Å². The van der Waals surface area contributed by atoms with Crippen molar-refractivity contribution in [3.05, 3.63) is 269 Å². The standard InChI is InChI=1S/C66H53N/c1-64(2,3)47-36-31-44(32-37-47)45-33-38-50(39-34-45)67(51-40-41-60-57(43-51)54-26-15-17-30-59(54)66(60,48-20-8-6-9-21-48)49-22-10-7-11-23-49)61-42-35-46-19-12-13-24-52(46)62(61)56-28-18-27-55-53-25-14-16-29-58(53)65(4,5)63(55)56/h6-43H,1-5H3. The molecule has 10 aromatic rings. The molecule has 1 nitrogen and oxygen atoms in total. The Balaban J connectivity index is 1.12. The lowest BCUT2D eigenvalue weighted by Crippen LogP contribution is -2.28. The molecule has 12 rings (SSSR count). The first-order chi connectivity index (χ1) is 32.6. The van der Waals surface area contributed by atoms with E-state index in [-0.39, 0.29) is 10.8 Å². The quantitative estimate of drug-likeness (QED) is 0.154. The highest BCUT2D eigenvalue weighted by atomic mass is 15.1. The fraction of sp³-hybridized carbons (Fsp3) is 0.121. The van der Waals surface area contributed by atoms with E-state index in [1.54, 1.807) is 0 Å². The van der Waals surface area contributed by atoms with Crippen LogP contribution in [0.5, 0.6) is 0 Å². The summed E-state index contributed by atoms with van der Waals surface area (Å²) in [5, 5.41) is 2.46. The van der Waals surface area contributed by atoms with Gasteiger partial charge < -0.3 is 4.90 Å². The van der Waals surface area contributed by atoms with Gasteiger partial charge in [-0.05, 0) is 124 Å². The molecule has 2 aliphatic rings. The molecule has 322 valence electrons.